The van der Waals surface area contributed by atoms with Crippen LogP contribution in [0.1, 0.15) is 17.7 Å². The second-order valence-corrected chi connectivity index (χ2v) is 6.26. The van der Waals surface area contributed by atoms with Gasteiger partial charge in [-0.1, -0.05) is 0 Å². The minimum Gasteiger partial charge on any atom is -0.260 e. The van der Waals surface area contributed by atoms with Gasteiger partial charge in [0.05, 0.1) is 14.8 Å². The second-order valence-electron chi connectivity index (χ2n) is 2.68. The van der Waals surface area contributed by atoms with E-state index in [9.17, 15) is 17.2 Å². The Kier molecular flexibility index (Phi) is 3.88. The van der Waals surface area contributed by atoms with Gasteiger partial charge in [-0.2, -0.15) is 0 Å². The van der Waals surface area contributed by atoms with Crippen LogP contribution in [0.25, 0.3) is 0 Å². The fourth-order valence-electron chi connectivity index (χ4n) is 0.976. The quantitative estimate of drug-likeness (QED) is 0.596. The first kappa shape index (κ1) is 13.0. The van der Waals surface area contributed by atoms with Crippen LogP contribution in [-0.4, -0.2) is 13.4 Å². The third-order valence-electron chi connectivity index (χ3n) is 1.66. The molecule has 15 heavy (non-hydrogen) atoms. The lowest BCUT2D eigenvalue weighted by atomic mass is 10.2. The highest BCUT2D eigenvalue weighted by Crippen LogP contribution is 2.32. The molecule has 1 aromatic rings. The van der Waals surface area contributed by atoms with Crippen LogP contribution in [0, 0.1) is 10.5 Å². The van der Waals surface area contributed by atoms with Crippen LogP contribution in [0.4, 0.5) is 8.78 Å². The first-order chi connectivity index (χ1) is 6.75. The molecule has 0 saturated carbocycles. The van der Waals surface area contributed by atoms with Crippen LogP contribution in [0.3, 0.4) is 0 Å². The van der Waals surface area contributed by atoms with Crippen molar-refractivity contribution in [2.24, 2.45) is 0 Å². The normalized spacial score (nSPS) is 12.1. The summed E-state index contributed by atoms with van der Waals surface area (Å²) >= 11 is 1.63. The molecule has 0 aliphatic carbocycles. The predicted molar refractivity (Wildman–Crippen MR) is 59.7 cm³/mol. The standard InChI is InChI=1S/C7H5ClF2INO2S/c1-3-5(11)6(15(8,13)14)4(2-12-3)7(9)10/h2,7H,1H3. The van der Waals surface area contributed by atoms with E-state index in [4.69, 9.17) is 10.7 Å². The average molecular weight is 368 g/mol. The van der Waals surface area contributed by atoms with Crippen molar-refractivity contribution in [2.45, 2.75) is 18.2 Å². The topological polar surface area (TPSA) is 47.0 Å². The van der Waals surface area contributed by atoms with Gasteiger partial charge in [-0.25, -0.2) is 17.2 Å². The van der Waals surface area contributed by atoms with Gasteiger partial charge >= 0.3 is 0 Å². The van der Waals surface area contributed by atoms with Gasteiger partial charge in [0.15, 0.2) is 0 Å². The van der Waals surface area contributed by atoms with E-state index in [-0.39, 0.29) is 3.57 Å². The fourth-order valence-corrected chi connectivity index (χ4v) is 3.97. The molecule has 1 aromatic heterocycles. The first-order valence-electron chi connectivity index (χ1n) is 3.63. The largest absolute Gasteiger partial charge is 0.266 e. The van der Waals surface area contributed by atoms with Gasteiger partial charge in [0.25, 0.3) is 15.5 Å². The molecule has 0 radical (unpaired) electrons. The molecular weight excluding hydrogens is 363 g/mol. The van der Waals surface area contributed by atoms with Crippen LogP contribution in [-0.2, 0) is 9.05 Å². The first-order valence-corrected chi connectivity index (χ1v) is 7.01. The molecule has 3 nitrogen and oxygen atoms in total. The van der Waals surface area contributed by atoms with Crippen molar-refractivity contribution < 1.29 is 17.2 Å². The lowest BCUT2D eigenvalue weighted by Gasteiger charge is -2.09. The van der Waals surface area contributed by atoms with Gasteiger partial charge in [-0.05, 0) is 29.5 Å². The van der Waals surface area contributed by atoms with E-state index in [0.717, 1.165) is 6.20 Å². The minimum atomic E-state index is -4.19. The zero-order chi connectivity index (χ0) is 11.8. The number of pyridine rings is 1. The van der Waals surface area contributed by atoms with E-state index in [1.165, 1.54) is 6.92 Å². The molecule has 0 aromatic carbocycles. The highest BCUT2D eigenvalue weighted by atomic mass is 127. The Bertz CT molecular complexity index is 492. The predicted octanol–water partition coefficient (Wildman–Crippen LogP) is 2.86. The highest BCUT2D eigenvalue weighted by molar-refractivity contribution is 14.1. The van der Waals surface area contributed by atoms with Gasteiger partial charge < -0.3 is 0 Å². The Morgan fingerprint density at radius 1 is 1.53 bits per heavy atom. The summed E-state index contributed by atoms with van der Waals surface area (Å²) in [6.45, 7) is 1.52. The molecule has 0 atom stereocenters. The molecule has 0 bridgehead atoms. The zero-order valence-electron chi connectivity index (χ0n) is 7.34. The Morgan fingerprint density at radius 2 is 2.07 bits per heavy atom. The maximum absolute atomic E-state index is 12.5. The Morgan fingerprint density at radius 3 is 2.47 bits per heavy atom. The van der Waals surface area contributed by atoms with Crippen LogP contribution in [0.2, 0.25) is 0 Å². The maximum Gasteiger partial charge on any atom is 0.266 e. The summed E-state index contributed by atoms with van der Waals surface area (Å²) in [7, 11) is 0.904. The van der Waals surface area contributed by atoms with Gasteiger partial charge in [-0.15, -0.1) is 0 Å². The third-order valence-corrected chi connectivity index (χ3v) is 4.73. The number of aromatic nitrogens is 1. The molecule has 0 aliphatic rings. The molecule has 0 spiro atoms. The Labute approximate surface area is 103 Å². The van der Waals surface area contributed by atoms with Crippen LogP contribution in [0.5, 0.6) is 0 Å². The second kappa shape index (κ2) is 4.46. The number of aryl methyl sites for hydroxylation is 1. The highest BCUT2D eigenvalue weighted by Gasteiger charge is 2.26. The summed E-state index contributed by atoms with van der Waals surface area (Å²) in [5.74, 6) is 0. The van der Waals surface area contributed by atoms with Crippen molar-refractivity contribution in [3.05, 3.63) is 21.0 Å². The summed E-state index contributed by atoms with van der Waals surface area (Å²) in [5.41, 5.74) is -0.320. The van der Waals surface area contributed by atoms with Crippen molar-refractivity contribution in [1.82, 2.24) is 4.98 Å². The molecule has 0 amide bonds. The van der Waals surface area contributed by atoms with Crippen molar-refractivity contribution >= 4 is 42.3 Å². The molecule has 0 aliphatic heterocycles. The maximum atomic E-state index is 12.5. The number of alkyl halides is 2. The van der Waals surface area contributed by atoms with Gasteiger partial charge in [0.2, 0.25) is 0 Å². The number of nitrogens with zero attached hydrogens (tertiary/aromatic N) is 1. The van der Waals surface area contributed by atoms with E-state index < -0.39 is 25.9 Å². The minimum absolute atomic E-state index is 0.125. The molecule has 84 valence electrons. The number of hydrogen-bond donors (Lipinski definition) is 0. The number of rotatable bonds is 2. The van der Waals surface area contributed by atoms with E-state index in [2.05, 4.69) is 4.98 Å². The van der Waals surface area contributed by atoms with E-state index in [1.54, 1.807) is 22.6 Å². The van der Waals surface area contributed by atoms with Crippen molar-refractivity contribution in [3.8, 4) is 0 Å². The van der Waals surface area contributed by atoms with Gasteiger partial charge in [0, 0.05) is 16.9 Å². The lowest BCUT2D eigenvalue weighted by molar-refractivity contribution is 0.147. The summed E-state index contributed by atoms with van der Waals surface area (Å²) in [5, 5.41) is 0. The molecule has 8 heteroatoms. The van der Waals surface area contributed by atoms with Crippen LogP contribution < -0.4 is 0 Å². The summed E-state index contributed by atoms with van der Waals surface area (Å²) in [6, 6.07) is 0. The molecule has 0 fully saturated rings. The molecule has 0 unspecified atom stereocenters. The average Bonchev–Trinajstić information content (AvgIpc) is 2.06. The van der Waals surface area contributed by atoms with Crippen LogP contribution in [0.15, 0.2) is 11.1 Å². The third kappa shape index (κ3) is 2.76. The molecule has 1 rings (SSSR count). The lowest BCUT2D eigenvalue weighted by Crippen LogP contribution is -2.05. The van der Waals surface area contributed by atoms with Crippen LogP contribution >= 0.6 is 33.3 Å². The van der Waals surface area contributed by atoms with E-state index in [0.29, 0.717) is 5.69 Å². The molecule has 1 heterocycles. The van der Waals surface area contributed by atoms with Gasteiger partial charge in [0.1, 0.15) is 4.90 Å². The Balaban J connectivity index is 3.65. The van der Waals surface area contributed by atoms with Crippen molar-refractivity contribution in [3.63, 3.8) is 0 Å². The summed E-state index contributed by atoms with van der Waals surface area (Å²) in [4.78, 5) is 3.11. The smallest absolute Gasteiger partial charge is 0.260 e. The molecule has 0 N–H and O–H groups in total. The number of hydrogen-bond acceptors (Lipinski definition) is 3. The van der Waals surface area contributed by atoms with Crippen molar-refractivity contribution in [2.75, 3.05) is 0 Å². The van der Waals surface area contributed by atoms with E-state index >= 15 is 0 Å². The number of halogens is 4. The van der Waals surface area contributed by atoms with Crippen molar-refractivity contribution in [1.29, 1.82) is 0 Å². The fraction of sp³-hybridized carbons (Fsp3) is 0.286. The molecule has 0 saturated heterocycles. The summed E-state index contributed by atoms with van der Waals surface area (Å²) in [6.07, 6.45) is -2.09. The zero-order valence-corrected chi connectivity index (χ0v) is 11.1. The Hall–Kier alpha value is -0.0200. The monoisotopic (exact) mass is 367 g/mol. The van der Waals surface area contributed by atoms with E-state index in [1.807, 2.05) is 0 Å². The summed E-state index contributed by atoms with van der Waals surface area (Å²) < 4.78 is 47.4. The SMILES string of the molecule is Cc1ncc(C(F)F)c(S(=O)(=O)Cl)c1I. The molecular formula is C7H5ClF2INO2S. The van der Waals surface area contributed by atoms with Gasteiger partial charge in [-0.3, -0.25) is 4.98 Å².